The Morgan fingerprint density at radius 3 is 2.77 bits per heavy atom. The third-order valence-electron chi connectivity index (χ3n) is 3.33. The Morgan fingerprint density at radius 1 is 1.31 bits per heavy atom. The van der Waals surface area contributed by atoms with Crippen molar-refractivity contribution in [3.05, 3.63) is 46.4 Å². The van der Waals surface area contributed by atoms with Crippen LogP contribution in [0.15, 0.2) is 40.3 Å². The van der Waals surface area contributed by atoms with Crippen LogP contribution in [0.1, 0.15) is 26.5 Å². The van der Waals surface area contributed by atoms with E-state index in [0.29, 0.717) is 27.6 Å². The molecule has 8 heteroatoms. The monoisotopic (exact) mass is 393 g/mol. The molecule has 0 aliphatic rings. The zero-order chi connectivity index (χ0) is 19.1. The molecule has 0 saturated heterocycles. The molecule has 1 heterocycles. The Balaban J connectivity index is 2.02. The second-order valence-corrected chi connectivity index (χ2v) is 8.78. The van der Waals surface area contributed by atoms with Gasteiger partial charge in [0.15, 0.2) is 5.16 Å². The first kappa shape index (κ1) is 20.4. The number of methoxy groups -OCH3 is 1. The molecule has 2 aromatic rings. The van der Waals surface area contributed by atoms with Crippen LogP contribution in [0, 0.1) is 0 Å². The van der Waals surface area contributed by atoms with Gasteiger partial charge in [-0.05, 0) is 24.3 Å². The standard InChI is InChI=1S/C18H23N3O3S2/c1-11(2)25-10-14-9-16(22)21-18(20-14)26-12(3)17(23)19-13-6-5-7-15(8-13)24-4/h5-9,11-12H,10H2,1-4H3,(H,19,23)(H,20,21,22). The molecule has 0 spiro atoms. The van der Waals surface area contributed by atoms with Crippen LogP contribution < -0.4 is 15.6 Å². The molecule has 26 heavy (non-hydrogen) atoms. The first-order valence-electron chi connectivity index (χ1n) is 8.21. The number of anilines is 1. The molecule has 0 fully saturated rings. The number of nitrogens with zero attached hydrogens (tertiary/aromatic N) is 1. The van der Waals surface area contributed by atoms with E-state index in [1.54, 1.807) is 44.0 Å². The van der Waals surface area contributed by atoms with Gasteiger partial charge < -0.3 is 15.0 Å². The topological polar surface area (TPSA) is 84.1 Å². The normalized spacial score (nSPS) is 12.0. The zero-order valence-electron chi connectivity index (χ0n) is 15.2. The van der Waals surface area contributed by atoms with Crippen molar-refractivity contribution in [3.63, 3.8) is 0 Å². The Bertz CT molecular complexity index is 808. The summed E-state index contributed by atoms with van der Waals surface area (Å²) >= 11 is 2.94. The van der Waals surface area contributed by atoms with Crippen LogP contribution in [0.2, 0.25) is 0 Å². The van der Waals surface area contributed by atoms with Gasteiger partial charge in [-0.3, -0.25) is 9.59 Å². The van der Waals surface area contributed by atoms with E-state index in [1.165, 1.54) is 17.8 Å². The summed E-state index contributed by atoms with van der Waals surface area (Å²) in [7, 11) is 1.58. The average molecular weight is 394 g/mol. The van der Waals surface area contributed by atoms with E-state index >= 15 is 0 Å². The molecule has 0 radical (unpaired) electrons. The van der Waals surface area contributed by atoms with Crippen LogP contribution >= 0.6 is 23.5 Å². The van der Waals surface area contributed by atoms with Crippen molar-refractivity contribution in [2.75, 3.05) is 12.4 Å². The summed E-state index contributed by atoms with van der Waals surface area (Å²) in [6.45, 7) is 5.96. The van der Waals surface area contributed by atoms with Crippen molar-refractivity contribution in [2.45, 2.75) is 42.2 Å². The minimum absolute atomic E-state index is 0.173. The van der Waals surface area contributed by atoms with Crippen LogP contribution in [0.5, 0.6) is 5.75 Å². The molecule has 1 aromatic heterocycles. The molecular formula is C18H23N3O3S2. The number of nitrogens with one attached hydrogen (secondary N) is 2. The molecule has 2 N–H and O–H groups in total. The molecule has 140 valence electrons. The number of thioether (sulfide) groups is 2. The van der Waals surface area contributed by atoms with E-state index in [1.807, 2.05) is 6.07 Å². The van der Waals surface area contributed by atoms with Crippen molar-refractivity contribution in [1.29, 1.82) is 0 Å². The van der Waals surface area contributed by atoms with Crippen molar-refractivity contribution in [2.24, 2.45) is 0 Å². The molecule has 1 atom stereocenters. The van der Waals surface area contributed by atoms with Gasteiger partial charge in [0.25, 0.3) is 5.56 Å². The summed E-state index contributed by atoms with van der Waals surface area (Å²) in [5, 5.41) is 3.33. The van der Waals surface area contributed by atoms with E-state index in [2.05, 4.69) is 29.1 Å². The van der Waals surface area contributed by atoms with Gasteiger partial charge in [-0.2, -0.15) is 11.8 Å². The summed E-state index contributed by atoms with van der Waals surface area (Å²) in [6, 6.07) is 8.66. The predicted octanol–water partition coefficient (Wildman–Crippen LogP) is 3.54. The summed E-state index contributed by atoms with van der Waals surface area (Å²) in [4.78, 5) is 31.4. The Kier molecular flexibility index (Phi) is 7.59. The third kappa shape index (κ3) is 6.42. The molecule has 0 aliphatic heterocycles. The highest BCUT2D eigenvalue weighted by atomic mass is 32.2. The quantitative estimate of drug-likeness (QED) is 0.527. The highest BCUT2D eigenvalue weighted by Gasteiger charge is 2.17. The second kappa shape index (κ2) is 9.68. The fourth-order valence-electron chi connectivity index (χ4n) is 2.03. The van der Waals surface area contributed by atoms with E-state index in [0.717, 1.165) is 5.69 Å². The van der Waals surface area contributed by atoms with Gasteiger partial charge in [0.05, 0.1) is 18.1 Å². The summed E-state index contributed by atoms with van der Waals surface area (Å²) < 4.78 is 5.15. The highest BCUT2D eigenvalue weighted by molar-refractivity contribution is 8.00. The zero-order valence-corrected chi connectivity index (χ0v) is 16.9. The number of hydrogen-bond acceptors (Lipinski definition) is 6. The number of benzene rings is 1. The molecule has 1 unspecified atom stereocenters. The smallest absolute Gasteiger partial charge is 0.251 e. The van der Waals surface area contributed by atoms with Gasteiger partial charge in [-0.25, -0.2) is 4.98 Å². The number of rotatable bonds is 8. The lowest BCUT2D eigenvalue weighted by molar-refractivity contribution is -0.115. The number of carbonyl (C=O) groups excluding carboxylic acids is 1. The van der Waals surface area contributed by atoms with Crippen molar-refractivity contribution in [3.8, 4) is 5.75 Å². The molecular weight excluding hydrogens is 370 g/mol. The van der Waals surface area contributed by atoms with Gasteiger partial charge in [0.1, 0.15) is 5.75 Å². The fourth-order valence-corrected chi connectivity index (χ4v) is 3.51. The molecule has 2 rings (SSSR count). The molecule has 1 amide bonds. The first-order chi connectivity index (χ1) is 12.4. The number of H-pyrrole nitrogens is 1. The molecule has 0 bridgehead atoms. The maximum Gasteiger partial charge on any atom is 0.251 e. The Labute approximate surface area is 161 Å². The van der Waals surface area contributed by atoms with Crippen molar-refractivity contribution in [1.82, 2.24) is 9.97 Å². The van der Waals surface area contributed by atoms with Crippen LogP contribution in [0.4, 0.5) is 5.69 Å². The number of amides is 1. The largest absolute Gasteiger partial charge is 0.497 e. The SMILES string of the molecule is COc1cccc(NC(=O)C(C)Sc2nc(CSC(C)C)cc(=O)[nH]2)c1. The highest BCUT2D eigenvalue weighted by Crippen LogP contribution is 2.23. The maximum atomic E-state index is 12.4. The molecule has 1 aromatic carbocycles. The summed E-state index contributed by atoms with van der Waals surface area (Å²) in [5.41, 5.74) is 1.17. The number of carbonyl (C=O) groups is 1. The Hall–Kier alpha value is -1.93. The molecule has 0 saturated carbocycles. The van der Waals surface area contributed by atoms with E-state index in [4.69, 9.17) is 4.74 Å². The van der Waals surface area contributed by atoms with Crippen LogP contribution in [0.3, 0.4) is 0 Å². The lowest BCUT2D eigenvalue weighted by Crippen LogP contribution is -2.23. The molecule has 0 aliphatic carbocycles. The van der Waals surface area contributed by atoms with Crippen LogP contribution in [-0.4, -0.2) is 33.5 Å². The van der Waals surface area contributed by atoms with E-state index < -0.39 is 5.25 Å². The van der Waals surface area contributed by atoms with Crippen molar-refractivity contribution < 1.29 is 9.53 Å². The third-order valence-corrected chi connectivity index (χ3v) is 5.45. The second-order valence-electron chi connectivity index (χ2n) is 5.88. The van der Waals surface area contributed by atoms with Gasteiger partial charge in [0, 0.05) is 23.6 Å². The first-order valence-corrected chi connectivity index (χ1v) is 10.1. The predicted molar refractivity (Wildman–Crippen MR) is 108 cm³/mol. The van der Waals surface area contributed by atoms with E-state index in [9.17, 15) is 9.59 Å². The average Bonchev–Trinajstić information content (AvgIpc) is 2.59. The maximum absolute atomic E-state index is 12.4. The van der Waals surface area contributed by atoms with E-state index in [-0.39, 0.29) is 11.5 Å². The van der Waals surface area contributed by atoms with Crippen LogP contribution in [-0.2, 0) is 10.5 Å². The van der Waals surface area contributed by atoms with Gasteiger partial charge in [0.2, 0.25) is 5.91 Å². The fraction of sp³-hybridized carbons (Fsp3) is 0.389. The summed E-state index contributed by atoms with van der Waals surface area (Å²) in [6.07, 6.45) is 0. The minimum Gasteiger partial charge on any atom is -0.497 e. The number of ether oxygens (including phenoxy) is 1. The lowest BCUT2D eigenvalue weighted by atomic mass is 10.3. The van der Waals surface area contributed by atoms with Crippen molar-refractivity contribution >= 4 is 35.1 Å². The van der Waals surface area contributed by atoms with Crippen LogP contribution in [0.25, 0.3) is 0 Å². The number of hydrogen-bond donors (Lipinski definition) is 2. The summed E-state index contributed by atoms with van der Waals surface area (Å²) in [5.74, 6) is 1.16. The van der Waals surface area contributed by atoms with Gasteiger partial charge in [-0.15, -0.1) is 0 Å². The van der Waals surface area contributed by atoms with Gasteiger partial charge in [-0.1, -0.05) is 31.7 Å². The molecule has 6 nitrogen and oxygen atoms in total. The number of aromatic nitrogens is 2. The lowest BCUT2D eigenvalue weighted by Gasteiger charge is -2.12. The number of aromatic amines is 1. The van der Waals surface area contributed by atoms with Gasteiger partial charge >= 0.3 is 0 Å². The minimum atomic E-state index is -0.419. The Morgan fingerprint density at radius 2 is 2.08 bits per heavy atom.